The number of aliphatic carboxylic acids is 1. The first-order chi connectivity index (χ1) is 14.9. The Labute approximate surface area is 180 Å². The Balaban J connectivity index is 1.52. The Kier molecular flexibility index (Phi) is 7.70. The molecule has 2 aromatic rings. The van der Waals surface area contributed by atoms with Gasteiger partial charge >= 0.3 is 5.97 Å². The van der Waals surface area contributed by atoms with E-state index in [1.807, 2.05) is 6.07 Å². The van der Waals surface area contributed by atoms with Crippen LogP contribution in [-0.4, -0.2) is 45.5 Å². The second kappa shape index (κ2) is 10.5. The number of nitrogens with one attached hydrogen (secondary N) is 2. The molecule has 3 heterocycles. The van der Waals surface area contributed by atoms with Gasteiger partial charge in [-0.15, -0.1) is 0 Å². The molecular formula is C22H29F2N5O2. The van der Waals surface area contributed by atoms with E-state index in [0.29, 0.717) is 30.8 Å². The van der Waals surface area contributed by atoms with Crippen LogP contribution in [0.2, 0.25) is 0 Å². The number of carboxylic acids is 1. The van der Waals surface area contributed by atoms with E-state index in [2.05, 4.69) is 31.7 Å². The van der Waals surface area contributed by atoms with E-state index in [9.17, 15) is 13.6 Å². The highest BCUT2D eigenvalue weighted by Gasteiger charge is 2.34. The van der Waals surface area contributed by atoms with E-state index in [4.69, 9.17) is 5.11 Å². The number of nitrogens with zero attached hydrogens (tertiary/aromatic N) is 3. The van der Waals surface area contributed by atoms with Crippen molar-refractivity contribution >= 4 is 17.7 Å². The van der Waals surface area contributed by atoms with Gasteiger partial charge in [0.25, 0.3) is 0 Å². The quantitative estimate of drug-likeness (QED) is 0.455. The standard InChI is InChI=1S/C22H29F2N5O2/c1-25-21-27-13-17(14-28-21)16(11-19(30)31)12-22(23,24)9-3-2-6-18-8-7-15-5-4-10-26-20(15)29-18/h7-8,13-14,16H,2-6,9-12H2,1H3,(H,26,29)(H,30,31)(H,25,27,28)/t16-/m0/s1. The van der Waals surface area contributed by atoms with Crippen LogP contribution in [0.15, 0.2) is 24.5 Å². The number of pyridine rings is 1. The average Bonchev–Trinajstić information content (AvgIpc) is 2.76. The number of carbonyl (C=O) groups is 1. The van der Waals surface area contributed by atoms with Crippen LogP contribution in [0.1, 0.15) is 61.3 Å². The first-order valence-corrected chi connectivity index (χ1v) is 10.7. The Morgan fingerprint density at radius 1 is 1.29 bits per heavy atom. The molecule has 3 rings (SSSR count). The van der Waals surface area contributed by atoms with Gasteiger partial charge in [-0.25, -0.2) is 23.7 Å². The van der Waals surface area contributed by atoms with Crippen LogP contribution in [0.4, 0.5) is 20.5 Å². The van der Waals surface area contributed by atoms with Gasteiger partial charge in [0.05, 0.1) is 6.42 Å². The normalized spacial score (nSPS) is 14.4. The number of hydrogen-bond donors (Lipinski definition) is 3. The van der Waals surface area contributed by atoms with E-state index in [0.717, 1.165) is 30.9 Å². The zero-order valence-corrected chi connectivity index (χ0v) is 17.7. The summed E-state index contributed by atoms with van der Waals surface area (Å²) >= 11 is 0. The molecule has 9 heteroatoms. The van der Waals surface area contributed by atoms with Gasteiger partial charge in [0.2, 0.25) is 11.9 Å². The van der Waals surface area contributed by atoms with E-state index in [1.54, 1.807) is 7.05 Å². The summed E-state index contributed by atoms with van der Waals surface area (Å²) < 4.78 is 29.3. The number of rotatable bonds is 11. The maximum absolute atomic E-state index is 14.6. The van der Waals surface area contributed by atoms with Gasteiger partial charge in [0, 0.05) is 50.4 Å². The zero-order chi connectivity index (χ0) is 22.3. The number of anilines is 2. The molecule has 0 unspecified atom stereocenters. The maximum Gasteiger partial charge on any atom is 0.303 e. The second-order valence-electron chi connectivity index (χ2n) is 7.99. The third-order valence-corrected chi connectivity index (χ3v) is 5.51. The summed E-state index contributed by atoms with van der Waals surface area (Å²) in [6.45, 7) is 0.913. The van der Waals surface area contributed by atoms with Crippen molar-refractivity contribution in [1.29, 1.82) is 0 Å². The van der Waals surface area contributed by atoms with Gasteiger partial charge < -0.3 is 15.7 Å². The lowest BCUT2D eigenvalue weighted by Gasteiger charge is -2.22. The molecule has 168 valence electrons. The van der Waals surface area contributed by atoms with Crippen molar-refractivity contribution < 1.29 is 18.7 Å². The zero-order valence-electron chi connectivity index (χ0n) is 17.7. The SMILES string of the molecule is CNc1ncc([C@@H](CC(=O)O)CC(F)(F)CCCCc2ccc3c(n2)NCCC3)cn1. The fourth-order valence-electron chi connectivity index (χ4n) is 3.86. The smallest absolute Gasteiger partial charge is 0.303 e. The van der Waals surface area contributed by atoms with E-state index in [1.165, 1.54) is 18.0 Å². The summed E-state index contributed by atoms with van der Waals surface area (Å²) in [5.41, 5.74) is 2.52. The fraction of sp³-hybridized carbons (Fsp3) is 0.545. The summed E-state index contributed by atoms with van der Waals surface area (Å²) in [6.07, 6.45) is 5.31. The molecule has 0 radical (unpaired) electrons. The largest absolute Gasteiger partial charge is 0.481 e. The minimum absolute atomic E-state index is 0.290. The molecule has 0 aliphatic carbocycles. The lowest BCUT2D eigenvalue weighted by molar-refractivity contribution is -0.138. The number of aromatic nitrogens is 3. The number of unbranched alkanes of at least 4 members (excludes halogenated alkanes) is 1. The summed E-state index contributed by atoms with van der Waals surface area (Å²) in [6, 6.07) is 4.04. The van der Waals surface area contributed by atoms with Crippen LogP contribution in [0.3, 0.4) is 0 Å². The molecule has 0 spiro atoms. The van der Waals surface area contributed by atoms with Gasteiger partial charge in [-0.05, 0) is 49.3 Å². The molecule has 0 saturated heterocycles. The molecule has 2 aromatic heterocycles. The molecule has 0 aromatic carbocycles. The van der Waals surface area contributed by atoms with E-state index < -0.39 is 24.2 Å². The van der Waals surface area contributed by atoms with Crippen LogP contribution in [-0.2, 0) is 17.6 Å². The molecule has 7 nitrogen and oxygen atoms in total. The molecular weight excluding hydrogens is 404 g/mol. The fourth-order valence-corrected chi connectivity index (χ4v) is 3.86. The van der Waals surface area contributed by atoms with Crippen molar-refractivity contribution in [2.45, 2.75) is 63.2 Å². The summed E-state index contributed by atoms with van der Waals surface area (Å²) in [4.78, 5) is 23.8. The molecule has 3 N–H and O–H groups in total. The number of fused-ring (bicyclic) bond motifs is 1. The average molecular weight is 434 g/mol. The molecule has 31 heavy (non-hydrogen) atoms. The number of halogens is 2. The molecule has 0 saturated carbocycles. The van der Waals surface area contributed by atoms with Gasteiger partial charge in [0.15, 0.2) is 0 Å². The highest BCUT2D eigenvalue weighted by atomic mass is 19.3. The van der Waals surface area contributed by atoms with Crippen molar-refractivity contribution in [1.82, 2.24) is 15.0 Å². The Hall–Kier alpha value is -2.84. The third-order valence-electron chi connectivity index (χ3n) is 5.51. The molecule has 1 atom stereocenters. The predicted molar refractivity (Wildman–Crippen MR) is 115 cm³/mol. The minimum atomic E-state index is -2.97. The van der Waals surface area contributed by atoms with Crippen molar-refractivity contribution in [3.63, 3.8) is 0 Å². The molecule has 0 bridgehead atoms. The van der Waals surface area contributed by atoms with Crippen LogP contribution in [0, 0.1) is 0 Å². The lowest BCUT2D eigenvalue weighted by atomic mass is 9.89. The lowest BCUT2D eigenvalue weighted by Crippen LogP contribution is -2.22. The number of hydrogen-bond acceptors (Lipinski definition) is 6. The van der Waals surface area contributed by atoms with Crippen molar-refractivity contribution in [2.75, 3.05) is 24.2 Å². The topological polar surface area (TPSA) is 100 Å². The van der Waals surface area contributed by atoms with Gasteiger partial charge in [-0.1, -0.05) is 6.07 Å². The van der Waals surface area contributed by atoms with Crippen molar-refractivity contribution in [3.05, 3.63) is 41.3 Å². The Morgan fingerprint density at radius 3 is 2.77 bits per heavy atom. The highest BCUT2D eigenvalue weighted by Crippen LogP contribution is 2.35. The van der Waals surface area contributed by atoms with Crippen LogP contribution >= 0.6 is 0 Å². The van der Waals surface area contributed by atoms with E-state index >= 15 is 0 Å². The van der Waals surface area contributed by atoms with Crippen molar-refractivity contribution in [2.24, 2.45) is 0 Å². The van der Waals surface area contributed by atoms with E-state index in [-0.39, 0.29) is 12.8 Å². The predicted octanol–water partition coefficient (Wildman–Crippen LogP) is 4.27. The number of aryl methyl sites for hydroxylation is 2. The second-order valence-corrected chi connectivity index (χ2v) is 7.99. The van der Waals surface area contributed by atoms with Gasteiger partial charge in [-0.2, -0.15) is 0 Å². The monoisotopic (exact) mass is 433 g/mol. The number of carboxylic acid groups (broad SMARTS) is 1. The Morgan fingerprint density at radius 2 is 2.06 bits per heavy atom. The van der Waals surface area contributed by atoms with Crippen LogP contribution in [0.25, 0.3) is 0 Å². The Bertz CT molecular complexity index is 877. The van der Waals surface area contributed by atoms with Gasteiger partial charge in [0.1, 0.15) is 5.82 Å². The molecule has 1 aliphatic heterocycles. The van der Waals surface area contributed by atoms with Crippen LogP contribution < -0.4 is 10.6 Å². The molecule has 0 fully saturated rings. The number of alkyl halides is 2. The highest BCUT2D eigenvalue weighted by molar-refractivity contribution is 5.68. The first kappa shape index (κ1) is 22.8. The molecule has 0 amide bonds. The van der Waals surface area contributed by atoms with Crippen molar-refractivity contribution in [3.8, 4) is 0 Å². The van der Waals surface area contributed by atoms with Gasteiger partial charge in [-0.3, -0.25) is 4.79 Å². The summed E-state index contributed by atoms with van der Waals surface area (Å²) in [5, 5.41) is 15.2. The first-order valence-electron chi connectivity index (χ1n) is 10.7. The van der Waals surface area contributed by atoms with Crippen LogP contribution in [0.5, 0.6) is 0 Å². The minimum Gasteiger partial charge on any atom is -0.481 e. The third kappa shape index (κ3) is 6.83. The summed E-state index contributed by atoms with van der Waals surface area (Å²) in [5.74, 6) is -3.66. The molecule has 1 aliphatic rings. The summed E-state index contributed by atoms with van der Waals surface area (Å²) in [7, 11) is 1.65. The maximum atomic E-state index is 14.6.